The van der Waals surface area contributed by atoms with Crippen LogP contribution in [0.3, 0.4) is 0 Å². The fraction of sp³-hybridized carbons (Fsp3) is 0.323. The molecular formula is C31H36N2O5. The van der Waals surface area contributed by atoms with Crippen LogP contribution in [0.1, 0.15) is 43.0 Å². The molecule has 3 rings (SSSR count). The normalized spacial score (nSPS) is 12.6. The molecule has 2 atom stereocenters. The van der Waals surface area contributed by atoms with Crippen LogP contribution >= 0.6 is 0 Å². The van der Waals surface area contributed by atoms with Crippen molar-refractivity contribution < 1.29 is 23.9 Å². The first-order chi connectivity index (χ1) is 18.2. The molecule has 200 valence electrons. The van der Waals surface area contributed by atoms with Gasteiger partial charge in [-0.25, -0.2) is 9.59 Å². The monoisotopic (exact) mass is 516 g/mol. The summed E-state index contributed by atoms with van der Waals surface area (Å²) in [6.07, 6.45) is -0.252. The number of hydrogen-bond donors (Lipinski definition) is 2. The van der Waals surface area contributed by atoms with Crippen LogP contribution in [0.25, 0.3) is 0 Å². The molecule has 0 radical (unpaired) electrons. The van der Waals surface area contributed by atoms with Crippen LogP contribution in [0.5, 0.6) is 0 Å². The highest BCUT2D eigenvalue weighted by atomic mass is 16.5. The highest BCUT2D eigenvalue weighted by Gasteiger charge is 2.28. The van der Waals surface area contributed by atoms with E-state index in [1.807, 2.05) is 84.9 Å². The highest BCUT2D eigenvalue weighted by Crippen LogP contribution is 2.22. The highest BCUT2D eigenvalue weighted by molar-refractivity contribution is 5.90. The lowest BCUT2D eigenvalue weighted by Crippen LogP contribution is -2.53. The molecule has 3 aromatic rings. The lowest BCUT2D eigenvalue weighted by Gasteiger charge is -2.23. The summed E-state index contributed by atoms with van der Waals surface area (Å²) in [5.41, 5.74) is 3.72. The van der Waals surface area contributed by atoms with Gasteiger partial charge in [0.1, 0.15) is 18.7 Å². The second-order valence-electron chi connectivity index (χ2n) is 10.2. The van der Waals surface area contributed by atoms with Crippen molar-refractivity contribution >= 4 is 18.0 Å². The molecule has 0 heterocycles. The first kappa shape index (κ1) is 28.4. The zero-order valence-electron chi connectivity index (χ0n) is 22.4. The van der Waals surface area contributed by atoms with Gasteiger partial charge in [0, 0.05) is 12.8 Å². The topological polar surface area (TPSA) is 93.7 Å². The Balaban J connectivity index is 1.72. The number of alkyl carbamates (subject to hydrolysis) is 1. The van der Waals surface area contributed by atoms with Crippen molar-refractivity contribution in [1.29, 1.82) is 0 Å². The first-order valence-electron chi connectivity index (χ1n) is 12.6. The predicted molar refractivity (Wildman–Crippen MR) is 146 cm³/mol. The maximum absolute atomic E-state index is 13.4. The maximum atomic E-state index is 13.4. The van der Waals surface area contributed by atoms with Gasteiger partial charge in [0.2, 0.25) is 5.91 Å². The fourth-order valence-electron chi connectivity index (χ4n) is 3.95. The molecule has 0 unspecified atom stereocenters. The minimum absolute atomic E-state index is 0.0000546. The SMILES string of the molecule is COC(=O)[C@H](Cc1ccc(C(C)(C)C)cc1)NC(=O)[C@@H](Cc1ccccc1)NC(=O)OCc1ccccc1. The number of nitrogens with one attached hydrogen (secondary N) is 2. The maximum Gasteiger partial charge on any atom is 0.408 e. The Morgan fingerprint density at radius 1 is 0.711 bits per heavy atom. The predicted octanol–water partition coefficient (Wildman–Crippen LogP) is 4.72. The molecule has 7 nitrogen and oxygen atoms in total. The summed E-state index contributed by atoms with van der Waals surface area (Å²) in [7, 11) is 1.28. The van der Waals surface area contributed by atoms with Gasteiger partial charge in [-0.05, 0) is 27.7 Å². The van der Waals surface area contributed by atoms with Crippen LogP contribution in [-0.2, 0) is 43.9 Å². The molecule has 0 aliphatic heterocycles. The van der Waals surface area contributed by atoms with Crippen molar-refractivity contribution in [2.45, 2.75) is 57.7 Å². The summed E-state index contributed by atoms with van der Waals surface area (Å²) < 4.78 is 10.3. The Morgan fingerprint density at radius 2 is 1.24 bits per heavy atom. The molecule has 7 heteroatoms. The average molecular weight is 517 g/mol. The Bertz CT molecular complexity index is 1190. The van der Waals surface area contributed by atoms with Crippen molar-refractivity contribution in [2.24, 2.45) is 0 Å². The lowest BCUT2D eigenvalue weighted by molar-refractivity contribution is -0.145. The Kier molecular flexibility index (Phi) is 10.0. The molecule has 0 aromatic heterocycles. The van der Waals surface area contributed by atoms with E-state index in [4.69, 9.17) is 9.47 Å². The minimum Gasteiger partial charge on any atom is -0.467 e. The molecule has 0 spiro atoms. The summed E-state index contributed by atoms with van der Waals surface area (Å²) >= 11 is 0. The molecular weight excluding hydrogens is 480 g/mol. The van der Waals surface area contributed by atoms with E-state index in [0.29, 0.717) is 0 Å². The smallest absolute Gasteiger partial charge is 0.408 e. The Morgan fingerprint density at radius 3 is 1.79 bits per heavy atom. The third-order valence-corrected chi connectivity index (χ3v) is 6.17. The number of rotatable bonds is 10. The van der Waals surface area contributed by atoms with Crippen molar-refractivity contribution in [3.05, 3.63) is 107 Å². The van der Waals surface area contributed by atoms with E-state index in [0.717, 1.165) is 16.7 Å². The summed E-state index contributed by atoms with van der Waals surface area (Å²) in [6, 6.07) is 24.6. The summed E-state index contributed by atoms with van der Waals surface area (Å²) in [4.78, 5) is 38.6. The summed E-state index contributed by atoms with van der Waals surface area (Å²) in [5.74, 6) is -1.07. The van der Waals surface area contributed by atoms with Gasteiger partial charge in [-0.1, -0.05) is 106 Å². The van der Waals surface area contributed by atoms with E-state index in [1.165, 1.54) is 12.7 Å². The van der Waals surface area contributed by atoms with Gasteiger partial charge in [0.25, 0.3) is 0 Å². The van der Waals surface area contributed by atoms with E-state index < -0.39 is 30.1 Å². The van der Waals surface area contributed by atoms with E-state index in [2.05, 4.69) is 31.4 Å². The molecule has 0 bridgehead atoms. The second-order valence-corrected chi connectivity index (χ2v) is 10.2. The molecule has 0 aliphatic rings. The van der Waals surface area contributed by atoms with Crippen molar-refractivity contribution in [3.8, 4) is 0 Å². The molecule has 2 N–H and O–H groups in total. The van der Waals surface area contributed by atoms with Crippen LogP contribution < -0.4 is 10.6 Å². The number of carbonyl (C=O) groups excluding carboxylic acids is 3. The average Bonchev–Trinajstić information content (AvgIpc) is 2.91. The standard InChI is InChI=1S/C31H36N2O5/c1-31(2,3)25-17-15-23(16-18-25)20-27(29(35)37-4)32-28(34)26(19-22-11-7-5-8-12-22)33-30(36)38-21-24-13-9-6-10-14-24/h5-18,26-27H,19-21H2,1-4H3,(H,32,34)(H,33,36)/t26-,27+/m1/s1. The van der Waals surface area contributed by atoms with Gasteiger partial charge >= 0.3 is 12.1 Å². The van der Waals surface area contributed by atoms with Crippen molar-refractivity contribution in [2.75, 3.05) is 7.11 Å². The molecule has 0 saturated heterocycles. The van der Waals surface area contributed by atoms with E-state index in [-0.39, 0.29) is 24.9 Å². The number of carbonyl (C=O) groups is 3. The summed E-state index contributed by atoms with van der Waals surface area (Å²) in [5, 5.41) is 5.44. The number of ether oxygens (including phenoxy) is 2. The summed E-state index contributed by atoms with van der Waals surface area (Å²) in [6.45, 7) is 6.46. The van der Waals surface area contributed by atoms with Gasteiger partial charge in [0.05, 0.1) is 7.11 Å². The quantitative estimate of drug-likeness (QED) is 0.380. The zero-order chi connectivity index (χ0) is 27.5. The lowest BCUT2D eigenvalue weighted by atomic mass is 9.86. The molecule has 0 fully saturated rings. The second kappa shape index (κ2) is 13.4. The van der Waals surface area contributed by atoms with Gasteiger partial charge in [-0.3, -0.25) is 4.79 Å². The molecule has 38 heavy (non-hydrogen) atoms. The largest absolute Gasteiger partial charge is 0.467 e. The van der Waals surface area contributed by atoms with Gasteiger partial charge < -0.3 is 20.1 Å². The Hall–Kier alpha value is -4.13. The zero-order valence-corrected chi connectivity index (χ0v) is 22.4. The third-order valence-electron chi connectivity index (χ3n) is 6.17. The molecule has 2 amide bonds. The Labute approximate surface area is 224 Å². The molecule has 3 aromatic carbocycles. The van der Waals surface area contributed by atoms with Gasteiger partial charge in [-0.2, -0.15) is 0 Å². The number of methoxy groups -OCH3 is 1. The van der Waals surface area contributed by atoms with E-state index in [1.54, 1.807) is 0 Å². The van der Waals surface area contributed by atoms with E-state index >= 15 is 0 Å². The molecule has 0 aliphatic carbocycles. The van der Waals surface area contributed by atoms with Crippen LogP contribution in [-0.4, -0.2) is 37.2 Å². The number of hydrogen-bond acceptors (Lipinski definition) is 5. The van der Waals surface area contributed by atoms with Crippen molar-refractivity contribution in [1.82, 2.24) is 10.6 Å². The van der Waals surface area contributed by atoms with Crippen molar-refractivity contribution in [3.63, 3.8) is 0 Å². The van der Waals surface area contributed by atoms with Crippen LogP contribution in [0.15, 0.2) is 84.9 Å². The van der Waals surface area contributed by atoms with Gasteiger partial charge in [0.15, 0.2) is 0 Å². The molecule has 0 saturated carbocycles. The minimum atomic E-state index is -0.962. The van der Waals surface area contributed by atoms with Crippen LogP contribution in [0.4, 0.5) is 4.79 Å². The third kappa shape index (κ3) is 8.76. The number of benzene rings is 3. The van der Waals surface area contributed by atoms with Crippen LogP contribution in [0, 0.1) is 0 Å². The number of amides is 2. The number of esters is 1. The van der Waals surface area contributed by atoms with E-state index in [9.17, 15) is 14.4 Å². The fourth-order valence-corrected chi connectivity index (χ4v) is 3.95. The van der Waals surface area contributed by atoms with Crippen LogP contribution in [0.2, 0.25) is 0 Å². The first-order valence-corrected chi connectivity index (χ1v) is 12.6. The van der Waals surface area contributed by atoms with Gasteiger partial charge in [-0.15, -0.1) is 0 Å².